The third kappa shape index (κ3) is 6.04. The Bertz CT molecular complexity index is 804. The molecule has 1 atom stereocenters. The van der Waals surface area contributed by atoms with Crippen molar-refractivity contribution in [3.8, 4) is 0 Å². The molecule has 150 valence electrons. The highest BCUT2D eigenvalue weighted by Crippen LogP contribution is 2.20. The normalized spacial score (nSPS) is 16.3. The van der Waals surface area contributed by atoms with Crippen molar-refractivity contribution in [3.05, 3.63) is 54.5 Å². The number of rotatable bonds is 5. The molecule has 1 unspecified atom stereocenters. The van der Waals surface area contributed by atoms with Crippen molar-refractivity contribution in [1.82, 2.24) is 15.6 Å². The van der Waals surface area contributed by atoms with Crippen LogP contribution in [-0.4, -0.2) is 49.6 Å². The van der Waals surface area contributed by atoms with Crippen LogP contribution in [0.3, 0.4) is 0 Å². The van der Waals surface area contributed by atoms with Gasteiger partial charge < -0.3 is 20.9 Å². The Morgan fingerprint density at radius 3 is 2.79 bits per heavy atom. The van der Waals surface area contributed by atoms with Gasteiger partial charge in [-0.25, -0.2) is 9.37 Å². The Morgan fingerprint density at radius 1 is 1.29 bits per heavy atom. The van der Waals surface area contributed by atoms with Crippen molar-refractivity contribution in [1.29, 1.82) is 0 Å². The van der Waals surface area contributed by atoms with E-state index in [0.717, 1.165) is 12.1 Å². The second-order valence-electron chi connectivity index (χ2n) is 6.22. The average molecular weight is 498 g/mol. The van der Waals surface area contributed by atoms with Crippen LogP contribution in [0.2, 0.25) is 0 Å². The number of para-hydroxylation sites is 1. The van der Waals surface area contributed by atoms with Gasteiger partial charge in [-0.3, -0.25) is 9.79 Å². The monoisotopic (exact) mass is 498 g/mol. The first-order valence-electron chi connectivity index (χ1n) is 8.83. The van der Waals surface area contributed by atoms with Crippen LogP contribution in [0.1, 0.15) is 6.42 Å². The fourth-order valence-electron chi connectivity index (χ4n) is 2.96. The van der Waals surface area contributed by atoms with Crippen LogP contribution < -0.4 is 20.9 Å². The van der Waals surface area contributed by atoms with E-state index in [1.165, 1.54) is 6.07 Å². The number of halogens is 2. The molecule has 0 spiro atoms. The first-order valence-corrected chi connectivity index (χ1v) is 8.83. The topological polar surface area (TPSA) is 81.6 Å². The first-order chi connectivity index (χ1) is 13.2. The summed E-state index contributed by atoms with van der Waals surface area (Å²) in [7, 11) is 1.65. The van der Waals surface area contributed by atoms with Crippen LogP contribution in [-0.2, 0) is 4.79 Å². The van der Waals surface area contributed by atoms with Gasteiger partial charge >= 0.3 is 0 Å². The number of hydrogen-bond acceptors (Lipinski definition) is 4. The Labute approximate surface area is 180 Å². The third-order valence-corrected chi connectivity index (χ3v) is 4.27. The molecule has 28 heavy (non-hydrogen) atoms. The summed E-state index contributed by atoms with van der Waals surface area (Å²) < 4.78 is 13.9. The second-order valence-corrected chi connectivity index (χ2v) is 6.22. The SMILES string of the molecule is CN=C(NCC(=O)Nc1ccccc1)NC1CCN(c2ncccc2F)C1.I. The van der Waals surface area contributed by atoms with Crippen LogP contribution in [0, 0.1) is 5.82 Å². The summed E-state index contributed by atoms with van der Waals surface area (Å²) in [6.07, 6.45) is 2.41. The summed E-state index contributed by atoms with van der Waals surface area (Å²) in [5, 5.41) is 9.08. The molecule has 1 fully saturated rings. The quantitative estimate of drug-likeness (QED) is 0.335. The molecule has 1 aromatic heterocycles. The molecule has 7 nitrogen and oxygen atoms in total. The fraction of sp³-hybridized carbons (Fsp3) is 0.316. The molecule has 0 radical (unpaired) electrons. The lowest BCUT2D eigenvalue weighted by atomic mass is 10.3. The summed E-state index contributed by atoms with van der Waals surface area (Å²) in [6, 6.07) is 12.4. The summed E-state index contributed by atoms with van der Waals surface area (Å²) in [4.78, 5) is 22.2. The minimum atomic E-state index is -0.321. The molecular formula is C19H24FIN6O. The Kier molecular flexibility index (Phi) is 8.42. The largest absolute Gasteiger partial charge is 0.352 e. The van der Waals surface area contributed by atoms with E-state index in [-0.39, 0.29) is 48.3 Å². The van der Waals surface area contributed by atoms with Crippen LogP contribution >= 0.6 is 24.0 Å². The van der Waals surface area contributed by atoms with Gasteiger partial charge in [0.25, 0.3) is 0 Å². The summed E-state index contributed by atoms with van der Waals surface area (Å²) in [5.41, 5.74) is 0.746. The number of hydrogen-bond donors (Lipinski definition) is 3. The van der Waals surface area contributed by atoms with Crippen LogP contribution in [0.25, 0.3) is 0 Å². The summed E-state index contributed by atoms with van der Waals surface area (Å²) in [6.45, 7) is 1.42. The van der Waals surface area contributed by atoms with E-state index in [9.17, 15) is 9.18 Å². The number of carbonyl (C=O) groups excluding carboxylic acids is 1. The molecule has 9 heteroatoms. The third-order valence-electron chi connectivity index (χ3n) is 4.27. The molecule has 0 aliphatic carbocycles. The molecule has 2 heterocycles. The highest BCUT2D eigenvalue weighted by molar-refractivity contribution is 14.0. The highest BCUT2D eigenvalue weighted by Gasteiger charge is 2.26. The molecule has 3 rings (SSSR count). The predicted octanol–water partition coefficient (Wildman–Crippen LogP) is 2.22. The van der Waals surface area contributed by atoms with Crippen LogP contribution in [0.5, 0.6) is 0 Å². The van der Waals surface area contributed by atoms with E-state index in [4.69, 9.17) is 0 Å². The molecule has 1 amide bonds. The van der Waals surface area contributed by atoms with E-state index in [1.54, 1.807) is 19.3 Å². The highest BCUT2D eigenvalue weighted by atomic mass is 127. The van der Waals surface area contributed by atoms with E-state index in [1.807, 2.05) is 35.2 Å². The molecule has 1 saturated heterocycles. The van der Waals surface area contributed by atoms with Gasteiger partial charge in [-0.05, 0) is 30.7 Å². The number of carbonyl (C=O) groups is 1. The molecule has 1 aliphatic rings. The van der Waals surface area contributed by atoms with Gasteiger partial charge in [0, 0.05) is 38.1 Å². The van der Waals surface area contributed by atoms with E-state index < -0.39 is 0 Å². The smallest absolute Gasteiger partial charge is 0.243 e. The number of nitrogens with one attached hydrogen (secondary N) is 3. The molecule has 2 aromatic rings. The molecule has 0 bridgehead atoms. The average Bonchev–Trinajstić information content (AvgIpc) is 3.14. The van der Waals surface area contributed by atoms with Crippen molar-refractivity contribution in [2.24, 2.45) is 4.99 Å². The van der Waals surface area contributed by atoms with E-state index in [0.29, 0.717) is 24.9 Å². The lowest BCUT2D eigenvalue weighted by Crippen LogP contribution is -2.46. The number of aromatic nitrogens is 1. The van der Waals surface area contributed by atoms with Crippen molar-refractivity contribution < 1.29 is 9.18 Å². The van der Waals surface area contributed by atoms with Crippen molar-refractivity contribution in [2.75, 3.05) is 36.9 Å². The van der Waals surface area contributed by atoms with Gasteiger partial charge in [0.15, 0.2) is 17.6 Å². The van der Waals surface area contributed by atoms with Gasteiger partial charge in [0.05, 0.1) is 6.54 Å². The van der Waals surface area contributed by atoms with Gasteiger partial charge in [-0.2, -0.15) is 0 Å². The van der Waals surface area contributed by atoms with Crippen LogP contribution in [0.4, 0.5) is 15.9 Å². The van der Waals surface area contributed by atoms with E-state index in [2.05, 4.69) is 25.9 Å². The molecule has 1 aliphatic heterocycles. The van der Waals surface area contributed by atoms with Crippen LogP contribution in [0.15, 0.2) is 53.7 Å². The number of anilines is 2. The van der Waals surface area contributed by atoms with Gasteiger partial charge in [-0.1, -0.05) is 18.2 Å². The summed E-state index contributed by atoms with van der Waals surface area (Å²) in [5.74, 6) is 0.421. The lowest BCUT2D eigenvalue weighted by Gasteiger charge is -2.19. The molecule has 3 N–H and O–H groups in total. The van der Waals surface area contributed by atoms with Gasteiger partial charge in [-0.15, -0.1) is 24.0 Å². The van der Waals surface area contributed by atoms with Crippen molar-refractivity contribution >= 4 is 47.3 Å². The zero-order valence-electron chi connectivity index (χ0n) is 15.6. The van der Waals surface area contributed by atoms with Crippen molar-refractivity contribution in [2.45, 2.75) is 12.5 Å². The zero-order chi connectivity index (χ0) is 19.1. The maximum absolute atomic E-state index is 13.9. The predicted molar refractivity (Wildman–Crippen MR) is 120 cm³/mol. The minimum Gasteiger partial charge on any atom is -0.352 e. The van der Waals surface area contributed by atoms with E-state index >= 15 is 0 Å². The number of pyridine rings is 1. The van der Waals surface area contributed by atoms with Gasteiger partial charge in [0.2, 0.25) is 5.91 Å². The minimum absolute atomic E-state index is 0. The maximum atomic E-state index is 13.9. The Hall–Kier alpha value is -2.43. The Balaban J connectivity index is 0.00000280. The standard InChI is InChI=1S/C19H23FN6O.HI/c1-21-19(23-12-17(27)24-14-6-3-2-4-7-14)25-15-9-11-26(13-15)18-16(20)8-5-10-22-18;/h2-8,10,15H,9,11-13H2,1H3,(H,24,27)(H2,21,23,25);1H. The fourth-order valence-corrected chi connectivity index (χ4v) is 2.96. The number of guanidine groups is 1. The number of benzene rings is 1. The van der Waals surface area contributed by atoms with Crippen molar-refractivity contribution in [3.63, 3.8) is 0 Å². The second kappa shape index (κ2) is 10.8. The van der Waals surface area contributed by atoms with Gasteiger partial charge in [0.1, 0.15) is 0 Å². The summed E-state index contributed by atoms with van der Waals surface area (Å²) >= 11 is 0. The zero-order valence-corrected chi connectivity index (χ0v) is 17.9. The number of nitrogens with zero attached hydrogens (tertiary/aromatic N) is 3. The maximum Gasteiger partial charge on any atom is 0.243 e. The Morgan fingerprint density at radius 2 is 2.07 bits per heavy atom. The molecular weight excluding hydrogens is 474 g/mol. The first kappa shape index (κ1) is 21.9. The number of amides is 1. The molecule has 1 aromatic carbocycles. The lowest BCUT2D eigenvalue weighted by molar-refractivity contribution is -0.115. The molecule has 0 saturated carbocycles. The number of aliphatic imine (C=N–C) groups is 1.